The third-order valence-electron chi connectivity index (χ3n) is 8.74. The smallest absolute Gasteiger partial charge is 0.313 e. The number of esters is 1. The average Bonchev–Trinajstić information content (AvgIpc) is 3.41. The van der Waals surface area contributed by atoms with Crippen LogP contribution in [0.5, 0.6) is 0 Å². The van der Waals surface area contributed by atoms with Crippen LogP contribution in [0.25, 0.3) is 0 Å². The number of amides is 3. The highest BCUT2D eigenvalue weighted by Crippen LogP contribution is 2.53. The summed E-state index contributed by atoms with van der Waals surface area (Å²) >= 11 is 6.50. The maximum Gasteiger partial charge on any atom is 0.313 e. The topological polar surface area (TPSA) is 125 Å². The van der Waals surface area contributed by atoms with E-state index >= 15 is 0 Å². The first kappa shape index (κ1) is 30.1. The molecular weight excluding hydrogens is 586 g/mol. The molecule has 2 N–H and O–H groups in total. The number of nitrogens with one attached hydrogen (secondary N) is 1. The van der Waals surface area contributed by atoms with Gasteiger partial charge in [-0.2, -0.15) is 0 Å². The van der Waals surface area contributed by atoms with Gasteiger partial charge in [0.05, 0.1) is 29.3 Å². The van der Waals surface area contributed by atoms with E-state index in [1.54, 1.807) is 48.6 Å². The van der Waals surface area contributed by atoms with Gasteiger partial charge in [-0.25, -0.2) is 0 Å². The molecule has 6 atom stereocenters. The van der Waals surface area contributed by atoms with Crippen molar-refractivity contribution in [3.63, 3.8) is 0 Å². The Labute approximate surface area is 260 Å². The minimum absolute atomic E-state index is 0.0662. The number of fused-ring (bicyclic) bond motifs is 2. The largest absolute Gasteiger partial charge is 0.455 e. The van der Waals surface area contributed by atoms with Crippen molar-refractivity contribution in [3.8, 4) is 0 Å². The van der Waals surface area contributed by atoms with Crippen molar-refractivity contribution in [3.05, 3.63) is 89.5 Å². The van der Waals surface area contributed by atoms with Crippen LogP contribution in [-0.2, 0) is 28.7 Å². The highest BCUT2D eigenvalue weighted by atomic mass is 35.5. The molecule has 0 aliphatic carbocycles. The number of ether oxygens (including phenoxy) is 2. The summed E-state index contributed by atoms with van der Waals surface area (Å²) in [6.45, 7) is 0.155. The zero-order chi connectivity index (χ0) is 30.8. The second kappa shape index (κ2) is 12.6. The Morgan fingerprint density at radius 1 is 1.00 bits per heavy atom. The molecule has 2 aromatic rings. The second-order valence-corrected chi connectivity index (χ2v) is 11.8. The molecule has 1 spiro atoms. The number of aliphatic hydroxyl groups is 1. The minimum atomic E-state index is -1.48. The summed E-state index contributed by atoms with van der Waals surface area (Å²) in [5.74, 6) is -3.78. The first-order valence-corrected chi connectivity index (χ1v) is 15.2. The van der Waals surface area contributed by atoms with Crippen molar-refractivity contribution in [2.75, 3.05) is 31.1 Å². The van der Waals surface area contributed by atoms with E-state index in [9.17, 15) is 24.3 Å². The number of carbonyl (C=O) groups excluding carboxylic acids is 4. The number of nitrogens with zero attached hydrogens (tertiary/aromatic N) is 2. The van der Waals surface area contributed by atoms with Crippen LogP contribution >= 0.6 is 11.6 Å². The highest BCUT2D eigenvalue weighted by molar-refractivity contribution is 6.34. The number of para-hydroxylation sites is 1. The number of anilines is 1. The standard InChI is InChI=1S/C33H34ClN3O7/c34-22-12-4-5-13-23(22)36-17-8-16-33-28(30(40)37(18-9-19-38)29(33)31(36)41)27-24(44-33)14-6-7-15-26(39)35-20-25(43-32(27)42)21-10-2-1-3-11-21/h1-6,8,10-14,16,24-25,27-29,38H,7,9,15,17-20H2,(H,35,39)/b14-6-/t24-,25+,27+,28+,29-,33+/m1/s1. The lowest BCUT2D eigenvalue weighted by Crippen LogP contribution is -2.55. The zero-order valence-electron chi connectivity index (χ0n) is 24.0. The maximum absolute atomic E-state index is 14.4. The Balaban J connectivity index is 1.43. The maximum atomic E-state index is 14.4. The molecule has 4 aliphatic heterocycles. The molecule has 2 saturated heterocycles. The highest BCUT2D eigenvalue weighted by Gasteiger charge is 2.71. The van der Waals surface area contributed by atoms with E-state index in [0.717, 1.165) is 0 Å². The van der Waals surface area contributed by atoms with Crippen LogP contribution in [0.4, 0.5) is 5.69 Å². The summed E-state index contributed by atoms with van der Waals surface area (Å²) in [4.78, 5) is 58.4. The summed E-state index contributed by atoms with van der Waals surface area (Å²) in [6, 6.07) is 15.0. The summed E-state index contributed by atoms with van der Waals surface area (Å²) < 4.78 is 12.8. The van der Waals surface area contributed by atoms with Gasteiger partial charge in [0.2, 0.25) is 11.8 Å². The minimum Gasteiger partial charge on any atom is -0.455 e. The van der Waals surface area contributed by atoms with E-state index in [4.69, 9.17) is 21.1 Å². The summed E-state index contributed by atoms with van der Waals surface area (Å²) in [5.41, 5.74) is -0.293. The van der Waals surface area contributed by atoms with Gasteiger partial charge in [-0.05, 0) is 30.5 Å². The number of aliphatic hydroxyl groups excluding tert-OH is 1. The zero-order valence-corrected chi connectivity index (χ0v) is 24.8. The van der Waals surface area contributed by atoms with Gasteiger partial charge in [-0.3, -0.25) is 19.2 Å². The number of hydrogen-bond donors (Lipinski definition) is 2. The molecule has 0 saturated carbocycles. The Hall–Kier alpha value is -3.99. The van der Waals surface area contributed by atoms with Crippen LogP contribution < -0.4 is 10.2 Å². The number of cyclic esters (lactones) is 1. The fourth-order valence-corrected chi connectivity index (χ4v) is 7.01. The van der Waals surface area contributed by atoms with Crippen LogP contribution in [0, 0.1) is 11.8 Å². The van der Waals surface area contributed by atoms with E-state index in [1.165, 1.54) is 9.80 Å². The number of benzene rings is 2. The molecule has 3 amide bonds. The monoisotopic (exact) mass is 619 g/mol. The quantitative estimate of drug-likeness (QED) is 0.389. The van der Waals surface area contributed by atoms with Gasteiger partial charge in [-0.15, -0.1) is 0 Å². The van der Waals surface area contributed by atoms with E-state index < -0.39 is 53.5 Å². The summed E-state index contributed by atoms with van der Waals surface area (Å²) in [7, 11) is 0. The molecular formula is C33H34ClN3O7. The fourth-order valence-electron chi connectivity index (χ4n) is 6.77. The fraction of sp³-hybridized carbons (Fsp3) is 0.394. The summed E-state index contributed by atoms with van der Waals surface area (Å²) in [6.07, 6.45) is 6.14. The molecule has 10 nitrogen and oxygen atoms in total. The second-order valence-electron chi connectivity index (χ2n) is 11.4. The van der Waals surface area contributed by atoms with Crippen LogP contribution in [0.3, 0.4) is 0 Å². The Kier molecular flexibility index (Phi) is 8.57. The SMILES string of the molecule is O=C1CC/C=C\[C@H]2O[C@]34C=CCN(c5ccccc5Cl)C(=O)[C@H]3N(CCCO)C(=O)[C@@H]4[C@H]2C(=O)O[C@H](c2ccccc2)CN1. The van der Waals surface area contributed by atoms with Crippen molar-refractivity contribution >= 4 is 41.0 Å². The van der Waals surface area contributed by atoms with Gasteiger partial charge in [0.25, 0.3) is 5.91 Å². The molecule has 4 heterocycles. The Morgan fingerprint density at radius 3 is 2.55 bits per heavy atom. The molecule has 0 aromatic heterocycles. The van der Waals surface area contributed by atoms with E-state index in [1.807, 2.05) is 30.3 Å². The van der Waals surface area contributed by atoms with Gasteiger partial charge < -0.3 is 29.7 Å². The van der Waals surface area contributed by atoms with Gasteiger partial charge in [0.15, 0.2) is 0 Å². The molecule has 230 valence electrons. The third-order valence-corrected chi connectivity index (χ3v) is 9.06. The van der Waals surface area contributed by atoms with Gasteiger partial charge >= 0.3 is 5.97 Å². The lowest BCUT2D eigenvalue weighted by molar-refractivity contribution is -0.159. The molecule has 0 radical (unpaired) electrons. The van der Waals surface area contributed by atoms with Crippen molar-refractivity contribution in [1.29, 1.82) is 0 Å². The average molecular weight is 620 g/mol. The first-order chi connectivity index (χ1) is 21.4. The van der Waals surface area contributed by atoms with Gasteiger partial charge in [0.1, 0.15) is 23.7 Å². The molecule has 4 aliphatic rings. The van der Waals surface area contributed by atoms with Crippen molar-refractivity contribution in [2.24, 2.45) is 11.8 Å². The van der Waals surface area contributed by atoms with E-state index in [-0.39, 0.29) is 45.0 Å². The lowest BCUT2D eigenvalue weighted by Gasteiger charge is -2.35. The van der Waals surface area contributed by atoms with Crippen molar-refractivity contribution in [1.82, 2.24) is 10.2 Å². The number of allylic oxidation sites excluding steroid dienone is 1. The first-order valence-electron chi connectivity index (χ1n) is 14.9. The predicted octanol–water partition coefficient (Wildman–Crippen LogP) is 2.96. The molecule has 0 unspecified atom stereocenters. The predicted molar refractivity (Wildman–Crippen MR) is 161 cm³/mol. The number of rotatable bonds is 5. The molecule has 2 fully saturated rings. The van der Waals surface area contributed by atoms with Gasteiger partial charge in [0, 0.05) is 26.1 Å². The van der Waals surface area contributed by atoms with E-state index in [0.29, 0.717) is 22.7 Å². The number of hydrogen-bond acceptors (Lipinski definition) is 7. The van der Waals surface area contributed by atoms with Crippen molar-refractivity contribution < 1.29 is 33.8 Å². The Morgan fingerprint density at radius 2 is 1.77 bits per heavy atom. The molecule has 2 aromatic carbocycles. The summed E-state index contributed by atoms with van der Waals surface area (Å²) in [5, 5.41) is 12.9. The molecule has 0 bridgehead atoms. The van der Waals surface area contributed by atoms with Crippen LogP contribution in [-0.4, -0.2) is 77.7 Å². The number of carbonyl (C=O) groups is 4. The molecule has 6 rings (SSSR count). The Bertz CT molecular complexity index is 1500. The van der Waals surface area contributed by atoms with Crippen molar-refractivity contribution in [2.45, 2.75) is 43.1 Å². The third kappa shape index (κ3) is 5.31. The normalized spacial score (nSPS) is 31.2. The van der Waals surface area contributed by atoms with Crippen LogP contribution in [0.15, 0.2) is 78.9 Å². The van der Waals surface area contributed by atoms with Gasteiger partial charge in [-0.1, -0.05) is 78.4 Å². The number of halogens is 1. The molecule has 44 heavy (non-hydrogen) atoms. The lowest BCUT2D eigenvalue weighted by atomic mass is 9.78. The molecule has 11 heteroatoms. The van der Waals surface area contributed by atoms with E-state index in [2.05, 4.69) is 5.32 Å². The van der Waals surface area contributed by atoms with Crippen LogP contribution in [0.1, 0.15) is 30.9 Å². The number of likely N-dealkylation sites (tertiary alicyclic amines) is 1. The van der Waals surface area contributed by atoms with Crippen LogP contribution in [0.2, 0.25) is 5.02 Å².